The number of hydrogen-bond acceptors (Lipinski definition) is 9. The zero-order chi connectivity index (χ0) is 29.5. The quantitative estimate of drug-likeness (QED) is 0.287. The number of nitrogens with zero attached hydrogens (tertiary/aromatic N) is 8. The number of aromatic nitrogens is 5. The van der Waals surface area contributed by atoms with Crippen LogP contribution in [0.3, 0.4) is 0 Å². The lowest BCUT2D eigenvalue weighted by atomic mass is 10.2. The van der Waals surface area contributed by atoms with Gasteiger partial charge >= 0.3 is 0 Å². The van der Waals surface area contributed by atoms with Gasteiger partial charge in [0.1, 0.15) is 36.9 Å². The fourth-order valence-corrected chi connectivity index (χ4v) is 4.57. The Hall–Kier alpha value is -4.49. The van der Waals surface area contributed by atoms with E-state index in [0.29, 0.717) is 74.5 Å². The summed E-state index contributed by atoms with van der Waals surface area (Å²) in [5, 5.41) is 13.6. The number of likely N-dealkylation sites (N-methyl/N-ethyl adjacent to an activating group) is 1. The summed E-state index contributed by atoms with van der Waals surface area (Å²) in [6.45, 7) is 3.80. The molecule has 3 heterocycles. The Kier molecular flexibility index (Phi) is 9.29. The summed E-state index contributed by atoms with van der Waals surface area (Å²) in [7, 11) is 1.91. The summed E-state index contributed by atoms with van der Waals surface area (Å²) in [5.74, 6) is 1.05. The number of halogens is 2. The van der Waals surface area contributed by atoms with E-state index < -0.39 is 0 Å². The molecule has 42 heavy (non-hydrogen) atoms. The Morgan fingerprint density at radius 1 is 0.952 bits per heavy atom. The van der Waals surface area contributed by atoms with Crippen LogP contribution in [0.15, 0.2) is 60.9 Å². The van der Waals surface area contributed by atoms with Crippen molar-refractivity contribution in [3.05, 3.63) is 72.6 Å². The molecule has 0 spiro atoms. The van der Waals surface area contributed by atoms with Gasteiger partial charge in [0.2, 0.25) is 11.8 Å². The third kappa shape index (κ3) is 7.22. The maximum Gasteiger partial charge on any atom is 0.244 e. The summed E-state index contributed by atoms with van der Waals surface area (Å²) in [6, 6.07) is 13.4. The number of carbonyl (C=O) groups excluding carboxylic acids is 1. The largest absolute Gasteiger partial charge is 0.476 e. The molecule has 2 aromatic heterocycles. The molecule has 1 amide bonds. The van der Waals surface area contributed by atoms with Crippen molar-refractivity contribution >= 4 is 11.7 Å². The molecule has 0 bridgehead atoms. The van der Waals surface area contributed by atoms with Crippen LogP contribution in [0.4, 0.5) is 14.6 Å². The zero-order valence-electron chi connectivity index (χ0n) is 23.2. The number of ether oxygens (including phenoxy) is 1. The van der Waals surface area contributed by atoms with Crippen molar-refractivity contribution in [2.24, 2.45) is 0 Å². The predicted octanol–water partition coefficient (Wildman–Crippen LogP) is 2.33. The first-order valence-corrected chi connectivity index (χ1v) is 13.6. The van der Waals surface area contributed by atoms with E-state index in [1.165, 1.54) is 35.3 Å². The maximum absolute atomic E-state index is 13.6. The summed E-state index contributed by atoms with van der Waals surface area (Å²) in [6.07, 6.45) is 1.46. The van der Waals surface area contributed by atoms with Crippen molar-refractivity contribution in [3.8, 4) is 28.7 Å². The molecule has 2 aromatic carbocycles. The molecule has 1 N–H and O–H groups in total. The molecule has 5 rings (SSSR count). The standard InChI is InChI=1S/C29H32F2N8O3/c1-36(14-16-40)15-17-42-26-18-25(32-20-33-26)37-10-12-38(13-11-37)27(41)19-39-29(22-4-8-24(31)9-5-22)34-28(35-39)21-2-6-23(30)7-3-21/h2-9,18,20,40H,10-17,19H2,1H3. The number of rotatable bonds is 11. The smallest absolute Gasteiger partial charge is 0.244 e. The minimum atomic E-state index is -0.384. The molecule has 4 aromatic rings. The van der Waals surface area contributed by atoms with E-state index >= 15 is 0 Å². The molecule has 13 heteroatoms. The molecule has 0 atom stereocenters. The lowest BCUT2D eigenvalue weighted by molar-refractivity contribution is -0.132. The average Bonchev–Trinajstić information content (AvgIpc) is 3.42. The number of carbonyl (C=O) groups is 1. The molecular weight excluding hydrogens is 546 g/mol. The highest BCUT2D eigenvalue weighted by molar-refractivity contribution is 5.77. The second kappa shape index (κ2) is 13.4. The summed E-state index contributed by atoms with van der Waals surface area (Å²) < 4.78 is 34.3. The number of anilines is 1. The van der Waals surface area contributed by atoms with Crippen molar-refractivity contribution in [1.29, 1.82) is 0 Å². The van der Waals surface area contributed by atoms with E-state index in [-0.39, 0.29) is 30.7 Å². The molecule has 0 saturated carbocycles. The van der Waals surface area contributed by atoms with Crippen LogP contribution < -0.4 is 9.64 Å². The van der Waals surface area contributed by atoms with Gasteiger partial charge in [-0.3, -0.25) is 4.79 Å². The summed E-state index contributed by atoms with van der Waals surface area (Å²) >= 11 is 0. The highest BCUT2D eigenvalue weighted by atomic mass is 19.1. The van der Waals surface area contributed by atoms with Gasteiger partial charge in [-0.2, -0.15) is 0 Å². The zero-order valence-corrected chi connectivity index (χ0v) is 23.2. The fourth-order valence-electron chi connectivity index (χ4n) is 4.57. The van der Waals surface area contributed by atoms with E-state index in [0.717, 1.165) is 5.82 Å². The van der Waals surface area contributed by atoms with Crippen LogP contribution in [0.1, 0.15) is 0 Å². The highest BCUT2D eigenvalue weighted by Crippen LogP contribution is 2.24. The van der Waals surface area contributed by atoms with Gasteiger partial charge in [-0.15, -0.1) is 5.10 Å². The third-order valence-corrected chi connectivity index (χ3v) is 6.95. The van der Waals surface area contributed by atoms with Crippen LogP contribution in [0.25, 0.3) is 22.8 Å². The number of hydrogen-bond donors (Lipinski definition) is 1. The molecule has 1 aliphatic heterocycles. The van der Waals surface area contributed by atoms with Gasteiger partial charge in [0.05, 0.1) is 6.61 Å². The minimum Gasteiger partial charge on any atom is -0.476 e. The number of amides is 1. The Balaban J connectivity index is 1.23. The van der Waals surface area contributed by atoms with Crippen molar-refractivity contribution in [1.82, 2.24) is 34.5 Å². The van der Waals surface area contributed by atoms with Gasteiger partial charge in [-0.05, 0) is 55.6 Å². The summed E-state index contributed by atoms with van der Waals surface area (Å²) in [4.78, 5) is 32.3. The van der Waals surface area contributed by atoms with Crippen molar-refractivity contribution in [2.45, 2.75) is 6.54 Å². The lowest BCUT2D eigenvalue weighted by Gasteiger charge is -2.35. The number of benzene rings is 2. The molecule has 11 nitrogen and oxygen atoms in total. The van der Waals surface area contributed by atoms with E-state index in [2.05, 4.69) is 25.0 Å². The average molecular weight is 579 g/mol. The third-order valence-electron chi connectivity index (χ3n) is 6.95. The second-order valence-electron chi connectivity index (χ2n) is 9.89. The normalized spacial score (nSPS) is 13.5. The fraction of sp³-hybridized carbons (Fsp3) is 0.345. The second-order valence-corrected chi connectivity index (χ2v) is 9.89. The molecule has 1 fully saturated rings. The van der Waals surface area contributed by atoms with E-state index in [1.54, 1.807) is 35.2 Å². The predicted molar refractivity (Wildman–Crippen MR) is 152 cm³/mol. The van der Waals surface area contributed by atoms with Gasteiger partial charge in [0, 0.05) is 56.5 Å². The van der Waals surface area contributed by atoms with Crippen LogP contribution >= 0.6 is 0 Å². The lowest BCUT2D eigenvalue weighted by Crippen LogP contribution is -2.50. The van der Waals surface area contributed by atoms with E-state index in [4.69, 9.17) is 9.84 Å². The Morgan fingerprint density at radius 2 is 1.62 bits per heavy atom. The molecule has 0 unspecified atom stereocenters. The maximum atomic E-state index is 13.6. The SMILES string of the molecule is CN(CCO)CCOc1cc(N2CCN(C(=O)Cn3nc(-c4ccc(F)cc4)nc3-c3ccc(F)cc3)CC2)ncn1. The minimum absolute atomic E-state index is 0.0584. The molecule has 220 valence electrons. The topological polar surface area (TPSA) is 113 Å². The van der Waals surface area contributed by atoms with E-state index in [9.17, 15) is 13.6 Å². The molecule has 1 aliphatic rings. The summed E-state index contributed by atoms with van der Waals surface area (Å²) in [5.41, 5.74) is 1.21. The number of aliphatic hydroxyl groups is 1. The first-order valence-electron chi connectivity index (χ1n) is 13.6. The Bertz CT molecular complexity index is 1480. The van der Waals surface area contributed by atoms with Crippen molar-refractivity contribution in [2.75, 3.05) is 64.4 Å². The monoisotopic (exact) mass is 578 g/mol. The van der Waals surface area contributed by atoms with Crippen molar-refractivity contribution in [3.63, 3.8) is 0 Å². The van der Waals surface area contributed by atoms with Gasteiger partial charge in [0.25, 0.3) is 0 Å². The molecule has 0 aliphatic carbocycles. The van der Waals surface area contributed by atoms with Crippen LogP contribution in [0, 0.1) is 11.6 Å². The first kappa shape index (κ1) is 29.0. The van der Waals surface area contributed by atoms with Crippen LogP contribution in [-0.2, 0) is 11.3 Å². The van der Waals surface area contributed by atoms with Gasteiger partial charge in [-0.1, -0.05) is 0 Å². The molecule has 1 saturated heterocycles. The first-order chi connectivity index (χ1) is 20.4. The number of piperazine rings is 1. The highest BCUT2D eigenvalue weighted by Gasteiger charge is 2.24. The van der Waals surface area contributed by atoms with Crippen molar-refractivity contribution < 1.29 is 23.4 Å². The Morgan fingerprint density at radius 3 is 2.29 bits per heavy atom. The van der Waals surface area contributed by atoms with Gasteiger partial charge in [-0.25, -0.2) is 28.4 Å². The van der Waals surface area contributed by atoms with E-state index in [1.807, 2.05) is 11.9 Å². The van der Waals surface area contributed by atoms with Gasteiger partial charge < -0.3 is 24.5 Å². The Labute approximate surface area is 242 Å². The molecule has 0 radical (unpaired) electrons. The van der Waals surface area contributed by atoms with Crippen LogP contribution in [-0.4, -0.2) is 105 Å². The number of aliphatic hydroxyl groups excluding tert-OH is 1. The van der Waals surface area contributed by atoms with Gasteiger partial charge in [0.15, 0.2) is 11.6 Å². The van der Waals surface area contributed by atoms with Crippen LogP contribution in [0.2, 0.25) is 0 Å². The molecular formula is C29H32F2N8O3. The van der Waals surface area contributed by atoms with Crippen LogP contribution in [0.5, 0.6) is 5.88 Å².